The first-order chi connectivity index (χ1) is 14.2. The molecule has 3 rings (SSSR count). The molecule has 0 radical (unpaired) electrons. The van der Waals surface area contributed by atoms with E-state index in [0.717, 1.165) is 4.47 Å². The first-order valence-corrected chi connectivity index (χ1v) is 11.5. The number of hydrogen-bond acceptors (Lipinski definition) is 5. The Hall–Kier alpha value is -1.45. The van der Waals surface area contributed by atoms with Crippen LogP contribution < -0.4 is 10.1 Å². The highest BCUT2D eigenvalue weighted by Gasteiger charge is 2.19. The number of halogens is 4. The Kier molecular flexibility index (Phi) is 7.92. The van der Waals surface area contributed by atoms with Crippen molar-refractivity contribution in [2.75, 3.05) is 11.1 Å². The molecule has 1 aromatic heterocycles. The molecule has 30 heavy (non-hydrogen) atoms. The Morgan fingerprint density at radius 1 is 1.20 bits per heavy atom. The summed E-state index contributed by atoms with van der Waals surface area (Å²) < 4.78 is 8.49. The molecule has 0 saturated carbocycles. The maximum atomic E-state index is 12.3. The molecule has 158 valence electrons. The lowest BCUT2D eigenvalue weighted by molar-refractivity contribution is -0.113. The maximum Gasteiger partial charge on any atom is 0.234 e. The van der Waals surface area contributed by atoms with Gasteiger partial charge in [-0.25, -0.2) is 0 Å². The molecular weight excluding hydrogens is 535 g/mol. The van der Waals surface area contributed by atoms with Gasteiger partial charge in [0.25, 0.3) is 0 Å². The number of anilines is 1. The van der Waals surface area contributed by atoms with Gasteiger partial charge in [0.05, 0.1) is 21.5 Å². The van der Waals surface area contributed by atoms with Gasteiger partial charge in [-0.3, -0.25) is 4.79 Å². The Morgan fingerprint density at radius 3 is 2.70 bits per heavy atom. The van der Waals surface area contributed by atoms with E-state index in [1.807, 2.05) is 6.92 Å². The average Bonchev–Trinajstić information content (AvgIpc) is 3.06. The van der Waals surface area contributed by atoms with E-state index in [9.17, 15) is 4.79 Å². The van der Waals surface area contributed by atoms with E-state index < -0.39 is 6.10 Å². The number of amides is 1. The summed E-state index contributed by atoms with van der Waals surface area (Å²) in [5, 5.41) is 13.1. The molecule has 0 fully saturated rings. The second-order valence-electron chi connectivity index (χ2n) is 6.20. The molecule has 0 aliphatic rings. The molecule has 1 unspecified atom stereocenters. The zero-order valence-electron chi connectivity index (χ0n) is 15.8. The van der Waals surface area contributed by atoms with Gasteiger partial charge < -0.3 is 14.6 Å². The molecule has 0 aliphatic carbocycles. The van der Waals surface area contributed by atoms with E-state index in [2.05, 4.69) is 31.4 Å². The van der Waals surface area contributed by atoms with Gasteiger partial charge in [-0.05, 0) is 37.3 Å². The minimum atomic E-state index is -0.428. The summed E-state index contributed by atoms with van der Waals surface area (Å²) in [5.41, 5.74) is 0.546. The van der Waals surface area contributed by atoms with Crippen LogP contribution in [0.25, 0.3) is 0 Å². The van der Waals surface area contributed by atoms with E-state index in [1.54, 1.807) is 48.0 Å². The number of carbonyl (C=O) groups is 1. The van der Waals surface area contributed by atoms with Crippen LogP contribution in [0.2, 0.25) is 15.1 Å². The van der Waals surface area contributed by atoms with E-state index in [0.29, 0.717) is 37.5 Å². The average molecular weight is 551 g/mol. The topological polar surface area (TPSA) is 69.0 Å². The first kappa shape index (κ1) is 23.2. The van der Waals surface area contributed by atoms with Gasteiger partial charge in [-0.15, -0.1) is 10.2 Å². The zero-order valence-corrected chi connectivity index (χ0v) is 20.5. The number of hydrogen-bond donors (Lipinski definition) is 1. The van der Waals surface area contributed by atoms with Crippen molar-refractivity contribution in [3.05, 3.63) is 61.8 Å². The summed E-state index contributed by atoms with van der Waals surface area (Å²) in [6.45, 7) is 1.83. The molecule has 0 spiro atoms. The van der Waals surface area contributed by atoms with E-state index in [4.69, 9.17) is 39.5 Å². The van der Waals surface area contributed by atoms with Crippen molar-refractivity contribution < 1.29 is 9.53 Å². The van der Waals surface area contributed by atoms with E-state index >= 15 is 0 Å². The van der Waals surface area contributed by atoms with Crippen molar-refractivity contribution in [3.8, 4) is 5.75 Å². The summed E-state index contributed by atoms with van der Waals surface area (Å²) in [7, 11) is 1.81. The smallest absolute Gasteiger partial charge is 0.234 e. The molecule has 0 saturated heterocycles. The Balaban J connectivity index is 1.62. The van der Waals surface area contributed by atoms with Gasteiger partial charge in [0, 0.05) is 22.6 Å². The van der Waals surface area contributed by atoms with Crippen LogP contribution in [-0.2, 0) is 11.8 Å². The Bertz CT molecular complexity index is 1080. The summed E-state index contributed by atoms with van der Waals surface area (Å²) in [5.74, 6) is 0.988. The maximum absolute atomic E-state index is 12.3. The molecule has 3 aromatic rings. The lowest BCUT2D eigenvalue weighted by Crippen LogP contribution is -2.15. The fourth-order valence-corrected chi connectivity index (χ4v) is 4.29. The van der Waals surface area contributed by atoms with Crippen molar-refractivity contribution in [2.24, 2.45) is 7.05 Å². The Morgan fingerprint density at radius 2 is 1.97 bits per heavy atom. The van der Waals surface area contributed by atoms with Gasteiger partial charge in [-0.2, -0.15) is 0 Å². The number of nitrogens with zero attached hydrogens (tertiary/aromatic N) is 3. The summed E-state index contributed by atoms with van der Waals surface area (Å²) in [6, 6.07) is 10.2. The fourth-order valence-electron chi connectivity index (χ4n) is 2.52. The first-order valence-electron chi connectivity index (χ1n) is 8.63. The molecule has 0 aliphatic heterocycles. The normalized spacial score (nSPS) is 11.9. The number of benzene rings is 2. The van der Waals surface area contributed by atoms with Crippen LogP contribution in [-0.4, -0.2) is 26.4 Å². The number of nitrogens with one attached hydrogen (secondary N) is 1. The van der Waals surface area contributed by atoms with E-state index in [1.165, 1.54) is 11.8 Å². The van der Waals surface area contributed by atoms with Gasteiger partial charge in [0.2, 0.25) is 5.91 Å². The third-order valence-corrected chi connectivity index (χ3v) is 6.34. The standard InChI is InChI=1S/C19H16BrCl3N4O2S/c1-10(29-16-8-12(21)4-5-13(16)22)18-25-26-19(27(18)2)30-9-17(28)24-15-6-3-11(20)7-14(15)23/h3-8,10H,9H2,1-2H3,(H,24,28). The highest BCUT2D eigenvalue weighted by Crippen LogP contribution is 2.32. The number of thioether (sulfide) groups is 1. The third kappa shape index (κ3) is 5.82. The van der Waals surface area contributed by atoms with Crippen LogP contribution in [0.5, 0.6) is 5.75 Å². The van der Waals surface area contributed by atoms with Crippen molar-refractivity contribution in [2.45, 2.75) is 18.2 Å². The lowest BCUT2D eigenvalue weighted by Gasteiger charge is -2.15. The highest BCUT2D eigenvalue weighted by molar-refractivity contribution is 9.10. The zero-order chi connectivity index (χ0) is 21.8. The van der Waals surface area contributed by atoms with Gasteiger partial charge in [0.15, 0.2) is 17.1 Å². The summed E-state index contributed by atoms with van der Waals surface area (Å²) in [6.07, 6.45) is -0.428. The third-order valence-electron chi connectivity index (χ3n) is 3.97. The monoisotopic (exact) mass is 548 g/mol. The number of ether oxygens (including phenoxy) is 1. The van der Waals surface area contributed by atoms with E-state index in [-0.39, 0.29) is 11.7 Å². The molecule has 1 amide bonds. The molecule has 2 aromatic carbocycles. The van der Waals surface area contributed by atoms with Crippen LogP contribution in [0.4, 0.5) is 5.69 Å². The van der Waals surface area contributed by atoms with Crippen molar-refractivity contribution in [3.63, 3.8) is 0 Å². The van der Waals surface area contributed by atoms with Crippen LogP contribution in [0, 0.1) is 0 Å². The quantitative estimate of drug-likeness (QED) is 0.345. The minimum absolute atomic E-state index is 0.147. The van der Waals surface area contributed by atoms with Gasteiger partial charge >= 0.3 is 0 Å². The molecular formula is C19H16BrCl3N4O2S. The summed E-state index contributed by atoms with van der Waals surface area (Å²) in [4.78, 5) is 12.3. The Labute approximate surface area is 201 Å². The fraction of sp³-hybridized carbons (Fsp3) is 0.211. The largest absolute Gasteiger partial charge is 0.481 e. The van der Waals surface area contributed by atoms with Crippen molar-refractivity contribution >= 4 is 74.1 Å². The van der Waals surface area contributed by atoms with Gasteiger partial charge in [0.1, 0.15) is 5.75 Å². The molecule has 0 bridgehead atoms. The van der Waals surface area contributed by atoms with Crippen LogP contribution in [0.3, 0.4) is 0 Å². The predicted molar refractivity (Wildman–Crippen MR) is 125 cm³/mol. The molecule has 1 atom stereocenters. The highest BCUT2D eigenvalue weighted by atomic mass is 79.9. The lowest BCUT2D eigenvalue weighted by atomic mass is 10.3. The number of carbonyl (C=O) groups excluding carboxylic acids is 1. The predicted octanol–water partition coefficient (Wildman–Crippen LogP) is 6.41. The molecule has 1 heterocycles. The number of aromatic nitrogens is 3. The van der Waals surface area contributed by atoms with Gasteiger partial charge in [-0.1, -0.05) is 62.5 Å². The van der Waals surface area contributed by atoms with Crippen molar-refractivity contribution in [1.82, 2.24) is 14.8 Å². The van der Waals surface area contributed by atoms with Crippen LogP contribution in [0.1, 0.15) is 18.9 Å². The number of rotatable bonds is 7. The molecule has 6 nitrogen and oxygen atoms in total. The summed E-state index contributed by atoms with van der Waals surface area (Å²) >= 11 is 22.9. The molecule has 1 N–H and O–H groups in total. The molecule has 11 heteroatoms. The minimum Gasteiger partial charge on any atom is -0.481 e. The SMILES string of the molecule is CC(Oc1cc(Cl)ccc1Cl)c1nnc(SCC(=O)Nc2ccc(Br)cc2Cl)n1C. The second kappa shape index (κ2) is 10.2. The van der Waals surface area contributed by atoms with Crippen molar-refractivity contribution in [1.29, 1.82) is 0 Å². The second-order valence-corrected chi connectivity index (χ2v) is 9.30. The van der Waals surface area contributed by atoms with Crippen LogP contribution in [0.15, 0.2) is 46.0 Å². The van der Waals surface area contributed by atoms with Crippen LogP contribution >= 0.6 is 62.5 Å².